The van der Waals surface area contributed by atoms with Crippen molar-refractivity contribution in [3.63, 3.8) is 0 Å². The molecule has 1 unspecified atom stereocenters. The number of nitrogens with one attached hydrogen (secondary N) is 2. The maximum Gasteiger partial charge on any atom is 0.341 e. The molecule has 0 saturated heterocycles. The molecule has 0 aliphatic heterocycles. The molecule has 0 saturated carbocycles. The summed E-state index contributed by atoms with van der Waals surface area (Å²) < 4.78 is 5.18. The van der Waals surface area contributed by atoms with Gasteiger partial charge in [0.25, 0.3) is 11.8 Å². The zero-order chi connectivity index (χ0) is 20.0. The molecule has 0 radical (unpaired) electrons. The fourth-order valence-corrected chi connectivity index (χ4v) is 4.66. The van der Waals surface area contributed by atoms with Crippen molar-refractivity contribution in [3.8, 4) is 0 Å². The maximum atomic E-state index is 12.5. The van der Waals surface area contributed by atoms with E-state index < -0.39 is 0 Å². The van der Waals surface area contributed by atoms with Crippen LogP contribution in [0.1, 0.15) is 48.0 Å². The van der Waals surface area contributed by atoms with Crippen LogP contribution in [-0.2, 0) is 27.2 Å². The first-order valence-corrected chi connectivity index (χ1v) is 10.4. The quantitative estimate of drug-likeness (QED) is 0.603. The summed E-state index contributed by atoms with van der Waals surface area (Å²) in [4.78, 5) is 40.7. The maximum absolute atomic E-state index is 12.5. The minimum absolute atomic E-state index is 0.0348. The van der Waals surface area contributed by atoms with Crippen molar-refractivity contribution in [2.45, 2.75) is 40.0 Å². The predicted octanol–water partition coefficient (Wildman–Crippen LogP) is 0.735. The van der Waals surface area contributed by atoms with Gasteiger partial charge in [0.15, 0.2) is 13.1 Å². The minimum Gasteiger partial charge on any atom is -0.462 e. The summed E-state index contributed by atoms with van der Waals surface area (Å²) in [5.41, 5.74) is 1.53. The van der Waals surface area contributed by atoms with Crippen LogP contribution >= 0.6 is 11.3 Å². The second kappa shape index (κ2) is 9.85. The molecule has 1 aromatic heterocycles. The van der Waals surface area contributed by atoms with Crippen LogP contribution in [0.5, 0.6) is 0 Å². The summed E-state index contributed by atoms with van der Waals surface area (Å²) in [6.07, 6.45) is 2.81. The largest absolute Gasteiger partial charge is 0.462 e. The zero-order valence-electron chi connectivity index (χ0n) is 16.6. The van der Waals surface area contributed by atoms with Crippen molar-refractivity contribution in [1.82, 2.24) is 4.90 Å². The van der Waals surface area contributed by atoms with Gasteiger partial charge in [0, 0.05) is 18.0 Å². The molecule has 27 heavy (non-hydrogen) atoms. The van der Waals surface area contributed by atoms with Gasteiger partial charge in [-0.15, -0.1) is 11.3 Å². The molecule has 7 nitrogen and oxygen atoms in total. The number of ether oxygens (including phenoxy) is 1. The van der Waals surface area contributed by atoms with E-state index in [-0.39, 0.29) is 30.9 Å². The van der Waals surface area contributed by atoms with Gasteiger partial charge in [-0.1, -0.05) is 0 Å². The number of carbonyl (C=O) groups excluding carboxylic acids is 3. The number of fused-ring (bicyclic) bond motifs is 1. The smallest absolute Gasteiger partial charge is 0.341 e. The van der Waals surface area contributed by atoms with Gasteiger partial charge in [-0.05, 0) is 45.6 Å². The van der Waals surface area contributed by atoms with Crippen molar-refractivity contribution in [2.75, 3.05) is 45.2 Å². The van der Waals surface area contributed by atoms with Crippen LogP contribution in [-0.4, -0.2) is 62.5 Å². The number of hydrogen-bond acceptors (Lipinski definition) is 5. The fourth-order valence-electron chi connectivity index (χ4n) is 3.37. The van der Waals surface area contributed by atoms with E-state index in [0.717, 1.165) is 34.6 Å². The Labute approximate surface area is 164 Å². The predicted molar refractivity (Wildman–Crippen MR) is 105 cm³/mol. The van der Waals surface area contributed by atoms with Gasteiger partial charge in [-0.25, -0.2) is 4.79 Å². The first-order chi connectivity index (χ1) is 12.9. The summed E-state index contributed by atoms with van der Waals surface area (Å²) in [5, 5.41) is 3.45. The van der Waals surface area contributed by atoms with Gasteiger partial charge in [-0.2, -0.15) is 0 Å². The Kier molecular flexibility index (Phi) is 7.79. The Hall–Kier alpha value is -1.93. The third-order valence-corrected chi connectivity index (χ3v) is 5.89. The number of amides is 2. The molecule has 1 atom stereocenters. The number of anilines is 1. The highest BCUT2D eigenvalue weighted by molar-refractivity contribution is 7.17. The number of hydrogen-bond donors (Lipinski definition) is 2. The highest BCUT2D eigenvalue weighted by atomic mass is 32.1. The topological polar surface area (TPSA) is 80.1 Å². The molecule has 8 heteroatoms. The van der Waals surface area contributed by atoms with E-state index in [0.29, 0.717) is 30.3 Å². The Balaban J connectivity index is 2.01. The lowest BCUT2D eigenvalue weighted by atomic mass is 10.1. The molecular weight excluding hydrogens is 366 g/mol. The Morgan fingerprint density at radius 1 is 1.15 bits per heavy atom. The van der Waals surface area contributed by atoms with Gasteiger partial charge in [0.2, 0.25) is 0 Å². The molecule has 2 amide bonds. The molecule has 1 heterocycles. The molecule has 1 aliphatic carbocycles. The summed E-state index contributed by atoms with van der Waals surface area (Å²) in [5.74, 6) is -0.539. The summed E-state index contributed by atoms with van der Waals surface area (Å²) in [7, 11) is 1.82. The molecule has 0 aromatic carbocycles. The monoisotopic (exact) mass is 396 g/mol. The Morgan fingerprint density at radius 2 is 1.85 bits per heavy atom. The number of likely N-dealkylation sites (N-methyl/N-ethyl adjacent to an activating group) is 2. The lowest BCUT2D eigenvalue weighted by Crippen LogP contribution is -3.11. The number of quaternary nitrogens is 1. The molecule has 1 aliphatic rings. The molecular formula is C19H30N3O4S+. The zero-order valence-corrected chi connectivity index (χ0v) is 17.5. The summed E-state index contributed by atoms with van der Waals surface area (Å²) >= 11 is 1.47. The second-order valence-electron chi connectivity index (χ2n) is 6.71. The van der Waals surface area contributed by atoms with E-state index in [1.165, 1.54) is 11.3 Å². The SMILES string of the molecule is CCOC(=O)c1c(NC(=O)C[NH+](C)CC(=O)N(CC)CC)sc2c1CCC2. The van der Waals surface area contributed by atoms with Gasteiger partial charge in [0.1, 0.15) is 5.00 Å². The van der Waals surface area contributed by atoms with Crippen molar-refractivity contribution >= 4 is 34.1 Å². The van der Waals surface area contributed by atoms with Crippen LogP contribution in [0.15, 0.2) is 0 Å². The van der Waals surface area contributed by atoms with E-state index in [4.69, 9.17) is 4.74 Å². The van der Waals surface area contributed by atoms with Gasteiger partial charge >= 0.3 is 5.97 Å². The number of carbonyl (C=O) groups is 3. The standard InChI is InChI=1S/C19H29N3O4S/c1-5-22(6-2)16(24)12-21(4)11-15(23)20-18-17(19(25)26-7-3)13-9-8-10-14(13)27-18/h5-12H2,1-4H3,(H,20,23)/p+1. The van der Waals surface area contributed by atoms with Crippen LogP contribution in [0, 0.1) is 0 Å². The normalized spacial score (nSPS) is 13.8. The first-order valence-electron chi connectivity index (χ1n) is 9.61. The third-order valence-electron chi connectivity index (χ3n) is 4.69. The lowest BCUT2D eigenvalue weighted by Gasteiger charge is -2.20. The number of thiophene rings is 1. The van der Waals surface area contributed by atoms with E-state index in [1.54, 1.807) is 11.8 Å². The van der Waals surface area contributed by atoms with Crippen molar-refractivity contribution in [3.05, 3.63) is 16.0 Å². The Morgan fingerprint density at radius 3 is 2.48 bits per heavy atom. The third kappa shape index (κ3) is 5.29. The highest BCUT2D eigenvalue weighted by Crippen LogP contribution is 2.39. The van der Waals surface area contributed by atoms with Crippen molar-refractivity contribution < 1.29 is 24.0 Å². The van der Waals surface area contributed by atoms with Crippen LogP contribution in [0.3, 0.4) is 0 Å². The highest BCUT2D eigenvalue weighted by Gasteiger charge is 2.29. The molecule has 0 spiro atoms. The number of nitrogens with zero attached hydrogens (tertiary/aromatic N) is 1. The summed E-state index contributed by atoms with van der Waals surface area (Å²) in [6.45, 7) is 7.72. The molecule has 1 aromatic rings. The van der Waals surface area contributed by atoms with E-state index in [9.17, 15) is 14.4 Å². The molecule has 2 rings (SSSR count). The number of rotatable bonds is 9. The fraction of sp³-hybridized carbons (Fsp3) is 0.632. The van der Waals surface area contributed by atoms with Crippen LogP contribution < -0.4 is 10.2 Å². The average Bonchev–Trinajstić information content (AvgIpc) is 3.16. The van der Waals surface area contributed by atoms with E-state index in [1.807, 2.05) is 20.9 Å². The molecule has 150 valence electrons. The van der Waals surface area contributed by atoms with Gasteiger partial charge < -0.3 is 19.9 Å². The molecule has 2 N–H and O–H groups in total. The average molecular weight is 397 g/mol. The van der Waals surface area contributed by atoms with Gasteiger partial charge in [0.05, 0.1) is 19.2 Å². The van der Waals surface area contributed by atoms with Crippen LogP contribution in [0.2, 0.25) is 0 Å². The molecule has 0 bridgehead atoms. The van der Waals surface area contributed by atoms with Crippen LogP contribution in [0.4, 0.5) is 5.00 Å². The number of esters is 1. The van der Waals surface area contributed by atoms with Gasteiger partial charge in [-0.3, -0.25) is 9.59 Å². The lowest BCUT2D eigenvalue weighted by molar-refractivity contribution is -0.862. The Bertz CT molecular complexity index is 697. The van der Waals surface area contributed by atoms with E-state index in [2.05, 4.69) is 5.32 Å². The van der Waals surface area contributed by atoms with E-state index >= 15 is 0 Å². The first kappa shape index (κ1) is 21.4. The number of aryl methyl sites for hydroxylation is 1. The summed E-state index contributed by atoms with van der Waals surface area (Å²) in [6, 6.07) is 0. The second-order valence-corrected chi connectivity index (χ2v) is 7.81. The molecule has 0 fully saturated rings. The minimum atomic E-state index is -0.371. The van der Waals surface area contributed by atoms with Crippen LogP contribution in [0.25, 0.3) is 0 Å². The van der Waals surface area contributed by atoms with Crippen molar-refractivity contribution in [1.29, 1.82) is 0 Å². The van der Waals surface area contributed by atoms with Crippen molar-refractivity contribution in [2.24, 2.45) is 0 Å².